The summed E-state index contributed by atoms with van der Waals surface area (Å²) in [5.41, 5.74) is 0.0832. The molecule has 9 nitrogen and oxygen atoms in total. The number of nitrogens with zero attached hydrogens (tertiary/aromatic N) is 5. The molecule has 3 aromatic rings. The second-order valence-corrected chi connectivity index (χ2v) is 9.23. The molecule has 1 N–H and O–H groups in total. The van der Waals surface area contributed by atoms with Crippen molar-refractivity contribution >= 4 is 34.1 Å². The molecule has 0 radical (unpaired) electrons. The average molecular weight is 511 g/mol. The SMILES string of the molecule is COc1cnc(C(F)F)cc1-c1cc(N2CCCC2=O)ncc1C(=O)Nc1nnc(C#CC2CC2)s1. The maximum absolute atomic E-state index is 13.5. The first-order valence-corrected chi connectivity index (χ1v) is 12.0. The molecule has 0 unspecified atom stereocenters. The van der Waals surface area contributed by atoms with E-state index in [4.69, 9.17) is 4.74 Å². The Morgan fingerprint density at radius 1 is 1.22 bits per heavy atom. The van der Waals surface area contributed by atoms with Gasteiger partial charge in [-0.3, -0.25) is 24.8 Å². The van der Waals surface area contributed by atoms with E-state index in [1.807, 2.05) is 0 Å². The molecular formula is C24H20F2N6O3S. The Morgan fingerprint density at radius 2 is 2.06 bits per heavy atom. The Labute approximate surface area is 208 Å². The van der Waals surface area contributed by atoms with Gasteiger partial charge in [-0.1, -0.05) is 17.3 Å². The summed E-state index contributed by atoms with van der Waals surface area (Å²) in [6.45, 7) is 0.474. The Balaban J connectivity index is 1.53. The topological polar surface area (TPSA) is 110 Å². The van der Waals surface area contributed by atoms with Crippen molar-refractivity contribution in [2.75, 3.05) is 23.9 Å². The molecule has 12 heteroatoms. The van der Waals surface area contributed by atoms with E-state index in [0.717, 1.165) is 24.2 Å². The molecule has 5 rings (SSSR count). The Morgan fingerprint density at radius 3 is 2.75 bits per heavy atom. The number of amides is 2. The third kappa shape index (κ3) is 5.01. The third-order valence-corrected chi connectivity index (χ3v) is 6.47. The van der Waals surface area contributed by atoms with Crippen LogP contribution in [0.1, 0.15) is 53.2 Å². The number of carbonyl (C=O) groups is 2. The summed E-state index contributed by atoms with van der Waals surface area (Å²) in [7, 11) is 1.37. The second-order valence-electron chi connectivity index (χ2n) is 8.26. The van der Waals surface area contributed by atoms with Gasteiger partial charge in [0.2, 0.25) is 11.0 Å². The fraction of sp³-hybridized carbons (Fsp3) is 0.333. The van der Waals surface area contributed by atoms with Gasteiger partial charge in [0, 0.05) is 36.2 Å². The number of hydrogen-bond donors (Lipinski definition) is 1. The van der Waals surface area contributed by atoms with Crippen LogP contribution in [0.5, 0.6) is 5.75 Å². The lowest BCUT2D eigenvalue weighted by atomic mass is 10.00. The molecule has 1 aliphatic heterocycles. The molecule has 2 fully saturated rings. The normalized spacial score (nSPS) is 15.1. The number of pyridine rings is 2. The van der Waals surface area contributed by atoms with E-state index in [0.29, 0.717) is 36.1 Å². The van der Waals surface area contributed by atoms with Crippen LogP contribution in [0.15, 0.2) is 24.5 Å². The number of ether oxygens (including phenoxy) is 1. The number of aromatic nitrogens is 4. The fourth-order valence-electron chi connectivity index (χ4n) is 3.72. The van der Waals surface area contributed by atoms with Crippen molar-refractivity contribution in [3.63, 3.8) is 0 Å². The number of carbonyl (C=O) groups excluding carboxylic acids is 2. The highest BCUT2D eigenvalue weighted by molar-refractivity contribution is 7.15. The predicted molar refractivity (Wildman–Crippen MR) is 128 cm³/mol. The largest absolute Gasteiger partial charge is 0.494 e. The molecule has 2 amide bonds. The Bertz CT molecular complexity index is 1400. The summed E-state index contributed by atoms with van der Waals surface area (Å²) < 4.78 is 32.3. The molecule has 2 aliphatic rings. The van der Waals surface area contributed by atoms with E-state index in [1.54, 1.807) is 0 Å². The van der Waals surface area contributed by atoms with Crippen LogP contribution in [0.4, 0.5) is 19.7 Å². The highest BCUT2D eigenvalue weighted by Gasteiger charge is 2.27. The summed E-state index contributed by atoms with van der Waals surface area (Å²) in [6.07, 6.45) is 2.87. The fourth-order valence-corrected chi connectivity index (χ4v) is 4.32. The van der Waals surface area contributed by atoms with Crippen molar-refractivity contribution in [2.45, 2.75) is 32.1 Å². The second kappa shape index (κ2) is 9.94. The standard InChI is InChI=1S/C24H20F2N6O3S/c1-35-18-12-27-17(22(25)26)9-15(18)14-10-19(32-8-2-3-21(32)33)28-11-16(14)23(34)29-24-31-30-20(36-24)7-6-13-4-5-13/h9-13,22H,2-5,8H2,1H3,(H,29,31,34). The first-order chi connectivity index (χ1) is 17.4. The van der Waals surface area contributed by atoms with Crippen molar-refractivity contribution in [3.8, 4) is 28.7 Å². The minimum Gasteiger partial charge on any atom is -0.494 e. The zero-order valence-corrected chi connectivity index (χ0v) is 19.9. The predicted octanol–water partition coefficient (Wildman–Crippen LogP) is 4.08. The molecule has 184 valence electrons. The molecule has 0 aromatic carbocycles. The molecule has 0 bridgehead atoms. The molecule has 3 aromatic heterocycles. The maximum Gasteiger partial charge on any atom is 0.280 e. The van der Waals surface area contributed by atoms with E-state index >= 15 is 0 Å². The van der Waals surface area contributed by atoms with E-state index in [2.05, 4.69) is 37.3 Å². The number of anilines is 2. The molecule has 1 saturated carbocycles. The van der Waals surface area contributed by atoms with Gasteiger partial charge >= 0.3 is 0 Å². The summed E-state index contributed by atoms with van der Waals surface area (Å²) in [5, 5.41) is 11.4. The third-order valence-electron chi connectivity index (χ3n) is 5.71. The van der Waals surface area contributed by atoms with Crippen molar-refractivity contribution in [1.82, 2.24) is 20.2 Å². The van der Waals surface area contributed by atoms with Gasteiger partial charge in [-0.05, 0) is 37.3 Å². The Hall–Kier alpha value is -3.98. The molecule has 36 heavy (non-hydrogen) atoms. The van der Waals surface area contributed by atoms with Crippen LogP contribution >= 0.6 is 11.3 Å². The van der Waals surface area contributed by atoms with Gasteiger partial charge in [0.1, 0.15) is 17.3 Å². The Kier molecular flexibility index (Phi) is 6.56. The summed E-state index contributed by atoms with van der Waals surface area (Å²) in [4.78, 5) is 35.1. The lowest BCUT2D eigenvalue weighted by molar-refractivity contribution is -0.117. The van der Waals surface area contributed by atoms with Gasteiger partial charge in [0.25, 0.3) is 12.3 Å². The van der Waals surface area contributed by atoms with Crippen molar-refractivity contribution < 1.29 is 23.1 Å². The lowest BCUT2D eigenvalue weighted by Crippen LogP contribution is -2.25. The monoisotopic (exact) mass is 510 g/mol. The van der Waals surface area contributed by atoms with Crippen molar-refractivity contribution in [3.05, 3.63) is 40.8 Å². The number of methoxy groups -OCH3 is 1. The van der Waals surface area contributed by atoms with Crippen LogP contribution < -0.4 is 15.0 Å². The maximum atomic E-state index is 13.5. The first-order valence-electron chi connectivity index (χ1n) is 11.2. The molecule has 0 spiro atoms. The van der Waals surface area contributed by atoms with E-state index in [-0.39, 0.29) is 33.5 Å². The van der Waals surface area contributed by atoms with Crippen LogP contribution in [0.2, 0.25) is 0 Å². The number of rotatable bonds is 6. The number of nitrogens with one attached hydrogen (secondary N) is 1. The lowest BCUT2D eigenvalue weighted by Gasteiger charge is -2.18. The van der Waals surface area contributed by atoms with Gasteiger partial charge in [0.05, 0.1) is 18.9 Å². The van der Waals surface area contributed by atoms with Crippen LogP contribution in [0.25, 0.3) is 11.1 Å². The van der Waals surface area contributed by atoms with Gasteiger partial charge in [-0.15, -0.1) is 10.2 Å². The molecule has 4 heterocycles. The highest BCUT2D eigenvalue weighted by atomic mass is 32.1. The first kappa shape index (κ1) is 23.7. The molecule has 1 saturated heterocycles. The quantitative estimate of drug-likeness (QED) is 0.498. The van der Waals surface area contributed by atoms with Crippen LogP contribution in [0, 0.1) is 17.8 Å². The van der Waals surface area contributed by atoms with E-state index in [9.17, 15) is 18.4 Å². The van der Waals surface area contributed by atoms with E-state index in [1.165, 1.54) is 36.5 Å². The van der Waals surface area contributed by atoms with Crippen LogP contribution in [0.3, 0.4) is 0 Å². The highest BCUT2D eigenvalue weighted by Crippen LogP contribution is 2.37. The van der Waals surface area contributed by atoms with Crippen molar-refractivity contribution in [2.24, 2.45) is 5.92 Å². The zero-order chi connectivity index (χ0) is 25.2. The number of halogens is 2. The average Bonchev–Trinajstić information content (AvgIpc) is 3.45. The smallest absolute Gasteiger partial charge is 0.280 e. The molecule has 0 atom stereocenters. The minimum atomic E-state index is -2.83. The van der Waals surface area contributed by atoms with Crippen LogP contribution in [-0.2, 0) is 4.79 Å². The van der Waals surface area contributed by atoms with Gasteiger partial charge in [-0.25, -0.2) is 13.8 Å². The van der Waals surface area contributed by atoms with Gasteiger partial charge in [-0.2, -0.15) is 0 Å². The summed E-state index contributed by atoms with van der Waals surface area (Å²) in [5.74, 6) is 6.26. The minimum absolute atomic E-state index is 0.0796. The van der Waals surface area contributed by atoms with Crippen molar-refractivity contribution in [1.29, 1.82) is 0 Å². The molecule has 1 aliphatic carbocycles. The number of alkyl halides is 2. The van der Waals surface area contributed by atoms with Gasteiger partial charge < -0.3 is 4.74 Å². The van der Waals surface area contributed by atoms with E-state index < -0.39 is 18.0 Å². The summed E-state index contributed by atoms with van der Waals surface area (Å²) >= 11 is 1.13. The number of hydrogen-bond acceptors (Lipinski definition) is 8. The summed E-state index contributed by atoms with van der Waals surface area (Å²) in [6, 6.07) is 2.69. The van der Waals surface area contributed by atoms with Crippen LogP contribution in [-0.4, -0.2) is 45.6 Å². The zero-order valence-electron chi connectivity index (χ0n) is 19.1. The van der Waals surface area contributed by atoms with Gasteiger partial charge in [0.15, 0.2) is 5.01 Å². The molecular weight excluding hydrogens is 490 g/mol.